The van der Waals surface area contributed by atoms with Crippen molar-refractivity contribution in [2.45, 2.75) is 54.0 Å². The monoisotopic (exact) mass is 281 g/mol. The summed E-state index contributed by atoms with van der Waals surface area (Å²) < 4.78 is 0. The lowest BCUT2D eigenvalue weighted by Crippen LogP contribution is -2.14. The van der Waals surface area contributed by atoms with Crippen molar-refractivity contribution in [1.82, 2.24) is 0 Å². The first-order chi connectivity index (χ1) is 9.70. The Hall–Kier alpha value is -1.63. The first kappa shape index (κ1) is 15.8. The molecule has 112 valence electrons. The molecule has 0 saturated carbocycles. The number of hydrogen-bond acceptors (Lipinski definition) is 1. The molecule has 0 saturated heterocycles. The third-order valence-corrected chi connectivity index (χ3v) is 4.06. The van der Waals surface area contributed by atoms with Gasteiger partial charge in [0.2, 0.25) is 0 Å². The Morgan fingerprint density at radius 3 is 2.24 bits per heavy atom. The van der Waals surface area contributed by atoms with Crippen LogP contribution in [-0.2, 0) is 0 Å². The van der Waals surface area contributed by atoms with E-state index in [2.05, 4.69) is 78.8 Å². The van der Waals surface area contributed by atoms with E-state index in [1.807, 2.05) is 0 Å². The molecule has 1 heteroatoms. The van der Waals surface area contributed by atoms with E-state index in [-0.39, 0.29) is 5.54 Å². The van der Waals surface area contributed by atoms with E-state index in [0.29, 0.717) is 5.92 Å². The van der Waals surface area contributed by atoms with Crippen LogP contribution in [0.2, 0.25) is 0 Å². The Morgan fingerprint density at radius 2 is 1.71 bits per heavy atom. The molecule has 0 aliphatic heterocycles. The van der Waals surface area contributed by atoms with Gasteiger partial charge in [0.1, 0.15) is 0 Å². The van der Waals surface area contributed by atoms with Crippen molar-refractivity contribution in [1.29, 1.82) is 0 Å². The maximum absolute atomic E-state index is 4.86. The number of rotatable bonds is 2. The second kappa shape index (κ2) is 5.63. The van der Waals surface area contributed by atoms with E-state index in [1.165, 1.54) is 27.8 Å². The molecule has 1 aliphatic carbocycles. The van der Waals surface area contributed by atoms with Crippen LogP contribution in [0.5, 0.6) is 0 Å². The lowest BCUT2D eigenvalue weighted by molar-refractivity contribution is 0.584. The largest absolute Gasteiger partial charge is 0.284 e. The Kier molecular flexibility index (Phi) is 4.22. The molecule has 0 heterocycles. The Labute approximate surface area is 129 Å². The molecule has 0 N–H and O–H groups in total. The molecule has 1 aromatic carbocycles. The molecule has 0 bridgehead atoms. The molecule has 0 amide bonds. The maximum Gasteiger partial charge on any atom is 0.0527 e. The van der Waals surface area contributed by atoms with Gasteiger partial charge in [0.25, 0.3) is 0 Å². The van der Waals surface area contributed by atoms with E-state index in [1.54, 1.807) is 0 Å². The molecule has 2 rings (SSSR count). The van der Waals surface area contributed by atoms with Crippen molar-refractivity contribution in [2.75, 3.05) is 0 Å². The van der Waals surface area contributed by atoms with Crippen LogP contribution in [0, 0.1) is 5.92 Å². The minimum Gasteiger partial charge on any atom is -0.284 e. The summed E-state index contributed by atoms with van der Waals surface area (Å²) in [7, 11) is 0. The van der Waals surface area contributed by atoms with Crippen molar-refractivity contribution in [3.05, 3.63) is 52.6 Å². The van der Waals surface area contributed by atoms with E-state index in [9.17, 15) is 0 Å². The number of allylic oxidation sites excluding steroid dienone is 4. The van der Waals surface area contributed by atoms with Crippen molar-refractivity contribution < 1.29 is 0 Å². The third-order valence-electron chi connectivity index (χ3n) is 4.06. The second-order valence-electron chi connectivity index (χ2n) is 7.09. The fourth-order valence-corrected chi connectivity index (χ4v) is 3.18. The van der Waals surface area contributed by atoms with Crippen LogP contribution in [0.3, 0.4) is 0 Å². The minimum atomic E-state index is -0.0456. The summed E-state index contributed by atoms with van der Waals surface area (Å²) in [5.41, 5.74) is 7.94. The highest BCUT2D eigenvalue weighted by atomic mass is 14.8. The van der Waals surface area contributed by atoms with Gasteiger partial charge in [-0.3, -0.25) is 4.99 Å². The summed E-state index contributed by atoms with van der Waals surface area (Å²) in [6.07, 6.45) is 2.36. The van der Waals surface area contributed by atoms with E-state index >= 15 is 0 Å². The average Bonchev–Trinajstić information content (AvgIpc) is 2.61. The summed E-state index contributed by atoms with van der Waals surface area (Å²) in [6, 6.07) is 8.67. The van der Waals surface area contributed by atoms with Gasteiger partial charge < -0.3 is 0 Å². The number of hydrogen-bond donors (Lipinski definition) is 0. The lowest BCUT2D eigenvalue weighted by atomic mass is 9.89. The zero-order valence-electron chi connectivity index (χ0n) is 14.4. The first-order valence-corrected chi connectivity index (χ1v) is 7.76. The van der Waals surface area contributed by atoms with Crippen LogP contribution >= 0.6 is 0 Å². The standard InChI is InChI=1S/C20H27N/c1-13-12-14(2)19(15(13)3)18-11-9-8-10-17(18)16(4)21-20(5,6)7/h8-12,14H,1-7H3/b21-16+. The molecule has 0 aromatic heterocycles. The second-order valence-corrected chi connectivity index (χ2v) is 7.09. The van der Waals surface area contributed by atoms with Gasteiger partial charge in [-0.25, -0.2) is 0 Å². The zero-order chi connectivity index (χ0) is 15.8. The smallest absolute Gasteiger partial charge is 0.0527 e. The summed E-state index contributed by atoms with van der Waals surface area (Å²) in [5, 5.41) is 0. The topological polar surface area (TPSA) is 12.4 Å². The lowest BCUT2D eigenvalue weighted by Gasteiger charge is -2.19. The van der Waals surface area contributed by atoms with Gasteiger partial charge in [-0.05, 0) is 58.3 Å². The van der Waals surface area contributed by atoms with Crippen LogP contribution in [0.25, 0.3) is 5.57 Å². The summed E-state index contributed by atoms with van der Waals surface area (Å²) in [4.78, 5) is 4.86. The highest BCUT2D eigenvalue weighted by molar-refractivity contribution is 6.04. The highest BCUT2D eigenvalue weighted by Crippen LogP contribution is 2.39. The molecule has 0 fully saturated rings. The predicted octanol–water partition coefficient (Wildman–Crippen LogP) is 5.66. The van der Waals surface area contributed by atoms with Gasteiger partial charge in [0, 0.05) is 17.2 Å². The third kappa shape index (κ3) is 3.34. The van der Waals surface area contributed by atoms with Gasteiger partial charge in [0.15, 0.2) is 0 Å². The quantitative estimate of drug-likeness (QED) is 0.620. The van der Waals surface area contributed by atoms with E-state index in [4.69, 9.17) is 4.99 Å². The molecule has 1 unspecified atom stereocenters. The normalized spacial score (nSPS) is 20.0. The van der Waals surface area contributed by atoms with Crippen LogP contribution in [0.15, 0.2) is 46.5 Å². The van der Waals surface area contributed by atoms with Crippen LogP contribution < -0.4 is 0 Å². The fourth-order valence-electron chi connectivity index (χ4n) is 3.18. The Bertz CT molecular complexity index is 636. The van der Waals surface area contributed by atoms with Crippen molar-refractivity contribution in [3.63, 3.8) is 0 Å². The highest BCUT2D eigenvalue weighted by Gasteiger charge is 2.22. The van der Waals surface area contributed by atoms with Crippen molar-refractivity contribution >= 4 is 11.3 Å². The van der Waals surface area contributed by atoms with Gasteiger partial charge >= 0.3 is 0 Å². The molecule has 1 aromatic rings. The van der Waals surface area contributed by atoms with E-state index < -0.39 is 0 Å². The Morgan fingerprint density at radius 1 is 1.10 bits per heavy atom. The predicted molar refractivity (Wildman–Crippen MR) is 93.9 cm³/mol. The van der Waals surface area contributed by atoms with Gasteiger partial charge in [-0.2, -0.15) is 0 Å². The Balaban J connectivity index is 2.57. The molecule has 1 atom stereocenters. The van der Waals surface area contributed by atoms with Crippen molar-refractivity contribution in [2.24, 2.45) is 10.9 Å². The molecular weight excluding hydrogens is 254 g/mol. The fraction of sp³-hybridized carbons (Fsp3) is 0.450. The zero-order valence-corrected chi connectivity index (χ0v) is 14.4. The van der Waals surface area contributed by atoms with Crippen LogP contribution in [-0.4, -0.2) is 11.3 Å². The van der Waals surface area contributed by atoms with Gasteiger partial charge in [-0.15, -0.1) is 0 Å². The van der Waals surface area contributed by atoms with Crippen LogP contribution in [0.4, 0.5) is 0 Å². The first-order valence-electron chi connectivity index (χ1n) is 7.76. The van der Waals surface area contributed by atoms with Gasteiger partial charge in [0.05, 0.1) is 5.54 Å². The SMILES string of the molecule is CC1=CC(C)C(c2ccccc2/C(C)=N/C(C)(C)C)=C1C. The number of aliphatic imine (C=N–C) groups is 1. The van der Waals surface area contributed by atoms with Crippen molar-refractivity contribution in [3.8, 4) is 0 Å². The number of benzene rings is 1. The summed E-state index contributed by atoms with van der Waals surface area (Å²) in [6.45, 7) is 15.3. The summed E-state index contributed by atoms with van der Waals surface area (Å²) in [5.74, 6) is 0.480. The molecule has 0 radical (unpaired) electrons. The molecular formula is C20H27N. The van der Waals surface area contributed by atoms with Gasteiger partial charge in [-0.1, -0.05) is 42.8 Å². The molecule has 21 heavy (non-hydrogen) atoms. The minimum absolute atomic E-state index is 0.0456. The summed E-state index contributed by atoms with van der Waals surface area (Å²) >= 11 is 0. The molecule has 1 nitrogen and oxygen atoms in total. The van der Waals surface area contributed by atoms with E-state index in [0.717, 1.165) is 5.71 Å². The number of nitrogens with zero attached hydrogens (tertiary/aromatic N) is 1. The average molecular weight is 281 g/mol. The molecule has 1 aliphatic rings. The molecule has 0 spiro atoms. The maximum atomic E-state index is 4.86. The van der Waals surface area contributed by atoms with Crippen LogP contribution in [0.1, 0.15) is 59.6 Å².